The molecular formula is C15H19N3OS. The molecule has 2 N–H and O–H groups in total. The zero-order valence-corrected chi connectivity index (χ0v) is 12.4. The molecule has 4 nitrogen and oxygen atoms in total. The second-order valence-electron chi connectivity index (χ2n) is 5.49. The van der Waals surface area contributed by atoms with Gasteiger partial charge in [0.15, 0.2) is 0 Å². The van der Waals surface area contributed by atoms with Gasteiger partial charge in [-0.3, -0.25) is 0 Å². The fourth-order valence-electron chi connectivity index (χ4n) is 2.74. The molecule has 1 aromatic carbocycles. The molecule has 1 saturated carbocycles. The number of thioether (sulfide) groups is 1. The molecule has 0 bridgehead atoms. The smallest absolute Gasteiger partial charge is 0.228 e. The lowest BCUT2D eigenvalue weighted by molar-refractivity contribution is 0.329. The minimum absolute atomic E-state index is 0.146. The van der Waals surface area contributed by atoms with E-state index in [1.807, 2.05) is 12.1 Å². The minimum atomic E-state index is -0.146. The Morgan fingerprint density at radius 3 is 2.60 bits per heavy atom. The zero-order valence-electron chi connectivity index (χ0n) is 11.6. The number of hydrogen-bond acceptors (Lipinski definition) is 5. The van der Waals surface area contributed by atoms with Crippen LogP contribution in [0, 0.1) is 0 Å². The predicted octanol–water partition coefficient (Wildman–Crippen LogP) is 3.27. The maximum absolute atomic E-state index is 6.35. The Morgan fingerprint density at radius 2 is 1.95 bits per heavy atom. The van der Waals surface area contributed by atoms with Crippen molar-refractivity contribution >= 4 is 11.8 Å². The minimum Gasteiger partial charge on any atom is -0.339 e. The van der Waals surface area contributed by atoms with E-state index in [4.69, 9.17) is 10.3 Å². The molecule has 0 atom stereocenters. The number of aromatic nitrogens is 2. The second kappa shape index (κ2) is 5.58. The molecule has 1 heterocycles. The number of nitrogens with zero attached hydrogens (tertiary/aromatic N) is 2. The fraction of sp³-hybridized carbons (Fsp3) is 0.467. The SMILES string of the molecule is CSc1ccc(-c2noc(CC3(N)CCCC3)n2)cc1. The lowest BCUT2D eigenvalue weighted by Crippen LogP contribution is -2.38. The van der Waals surface area contributed by atoms with E-state index in [1.54, 1.807) is 11.8 Å². The van der Waals surface area contributed by atoms with Crippen molar-refractivity contribution in [3.8, 4) is 11.4 Å². The average Bonchev–Trinajstić information content (AvgIpc) is 3.09. The molecule has 0 spiro atoms. The van der Waals surface area contributed by atoms with Crippen LogP contribution in [-0.2, 0) is 6.42 Å². The van der Waals surface area contributed by atoms with E-state index in [2.05, 4.69) is 28.5 Å². The third-order valence-electron chi connectivity index (χ3n) is 3.92. The Morgan fingerprint density at radius 1 is 1.25 bits per heavy atom. The molecule has 20 heavy (non-hydrogen) atoms. The van der Waals surface area contributed by atoms with Crippen molar-refractivity contribution in [1.82, 2.24) is 10.1 Å². The summed E-state index contributed by atoms with van der Waals surface area (Å²) in [5.41, 5.74) is 7.18. The Bertz CT molecular complexity index is 573. The molecule has 1 fully saturated rings. The van der Waals surface area contributed by atoms with Gasteiger partial charge in [0, 0.05) is 22.4 Å². The summed E-state index contributed by atoms with van der Waals surface area (Å²) in [6.07, 6.45) is 7.24. The summed E-state index contributed by atoms with van der Waals surface area (Å²) in [6.45, 7) is 0. The van der Waals surface area contributed by atoms with Crippen LogP contribution in [0.15, 0.2) is 33.7 Å². The standard InChI is InChI=1S/C15H19N3OS/c1-20-12-6-4-11(5-7-12)14-17-13(19-18-14)10-15(16)8-2-3-9-15/h4-7H,2-3,8-10,16H2,1H3. The largest absolute Gasteiger partial charge is 0.339 e. The highest BCUT2D eigenvalue weighted by atomic mass is 32.2. The predicted molar refractivity (Wildman–Crippen MR) is 80.6 cm³/mol. The maximum Gasteiger partial charge on any atom is 0.228 e. The van der Waals surface area contributed by atoms with Crippen molar-refractivity contribution in [3.63, 3.8) is 0 Å². The molecule has 0 saturated heterocycles. The molecule has 0 unspecified atom stereocenters. The van der Waals surface area contributed by atoms with E-state index >= 15 is 0 Å². The van der Waals surface area contributed by atoms with Crippen LogP contribution in [0.1, 0.15) is 31.6 Å². The normalized spacial score (nSPS) is 17.5. The Hall–Kier alpha value is -1.33. The van der Waals surface area contributed by atoms with E-state index in [9.17, 15) is 0 Å². The van der Waals surface area contributed by atoms with Gasteiger partial charge in [-0.2, -0.15) is 4.98 Å². The van der Waals surface area contributed by atoms with Crippen molar-refractivity contribution in [2.24, 2.45) is 5.73 Å². The first-order valence-corrected chi connectivity index (χ1v) is 8.17. The number of nitrogens with two attached hydrogens (primary N) is 1. The maximum atomic E-state index is 6.35. The summed E-state index contributed by atoms with van der Waals surface area (Å²) in [5.74, 6) is 1.30. The lowest BCUT2D eigenvalue weighted by Gasteiger charge is -2.20. The highest BCUT2D eigenvalue weighted by Crippen LogP contribution is 2.30. The third-order valence-corrected chi connectivity index (χ3v) is 4.66. The van der Waals surface area contributed by atoms with Gasteiger partial charge in [0.2, 0.25) is 11.7 Å². The van der Waals surface area contributed by atoms with Crippen LogP contribution >= 0.6 is 11.8 Å². The van der Waals surface area contributed by atoms with Crippen LogP contribution < -0.4 is 5.73 Å². The van der Waals surface area contributed by atoms with Crippen molar-refractivity contribution in [3.05, 3.63) is 30.2 Å². The van der Waals surface area contributed by atoms with Crippen molar-refractivity contribution in [2.75, 3.05) is 6.26 Å². The van der Waals surface area contributed by atoms with Crippen LogP contribution in [0.25, 0.3) is 11.4 Å². The molecule has 1 aliphatic carbocycles. The summed E-state index contributed by atoms with van der Waals surface area (Å²) in [4.78, 5) is 5.71. The van der Waals surface area contributed by atoms with E-state index in [-0.39, 0.29) is 5.54 Å². The monoisotopic (exact) mass is 289 g/mol. The van der Waals surface area contributed by atoms with E-state index in [0.717, 1.165) is 18.4 Å². The van der Waals surface area contributed by atoms with Gasteiger partial charge >= 0.3 is 0 Å². The van der Waals surface area contributed by atoms with Crippen LogP contribution in [0.5, 0.6) is 0 Å². The van der Waals surface area contributed by atoms with Crippen molar-refractivity contribution in [1.29, 1.82) is 0 Å². The van der Waals surface area contributed by atoms with Gasteiger partial charge in [0.1, 0.15) is 0 Å². The molecule has 0 aliphatic heterocycles. The molecular weight excluding hydrogens is 270 g/mol. The summed E-state index contributed by atoms with van der Waals surface area (Å²) >= 11 is 1.72. The highest BCUT2D eigenvalue weighted by Gasteiger charge is 2.31. The number of hydrogen-bond donors (Lipinski definition) is 1. The van der Waals surface area contributed by atoms with Gasteiger partial charge in [0.05, 0.1) is 0 Å². The van der Waals surface area contributed by atoms with Crippen molar-refractivity contribution in [2.45, 2.75) is 42.5 Å². The van der Waals surface area contributed by atoms with Crippen molar-refractivity contribution < 1.29 is 4.52 Å². The first kappa shape index (κ1) is 13.6. The third kappa shape index (κ3) is 2.88. The Labute approximate surface area is 123 Å². The highest BCUT2D eigenvalue weighted by molar-refractivity contribution is 7.98. The second-order valence-corrected chi connectivity index (χ2v) is 6.37. The molecule has 106 valence electrons. The average molecular weight is 289 g/mol. The van der Waals surface area contributed by atoms with Gasteiger partial charge in [-0.05, 0) is 43.4 Å². The molecule has 0 radical (unpaired) electrons. The summed E-state index contributed by atoms with van der Waals surface area (Å²) in [7, 11) is 0. The van der Waals surface area contributed by atoms with Crippen LogP contribution in [0.4, 0.5) is 0 Å². The number of rotatable bonds is 4. The van der Waals surface area contributed by atoms with E-state index < -0.39 is 0 Å². The van der Waals surface area contributed by atoms with E-state index in [0.29, 0.717) is 18.1 Å². The van der Waals surface area contributed by atoms with Crippen LogP contribution in [0.3, 0.4) is 0 Å². The fourth-order valence-corrected chi connectivity index (χ4v) is 3.15. The van der Waals surface area contributed by atoms with Gasteiger partial charge < -0.3 is 10.3 Å². The van der Waals surface area contributed by atoms with Gasteiger partial charge in [0.25, 0.3) is 0 Å². The molecule has 3 rings (SSSR count). The quantitative estimate of drug-likeness (QED) is 0.875. The van der Waals surface area contributed by atoms with Crippen LogP contribution in [-0.4, -0.2) is 21.9 Å². The first-order chi connectivity index (χ1) is 9.68. The van der Waals surface area contributed by atoms with Crippen LogP contribution in [0.2, 0.25) is 0 Å². The Balaban J connectivity index is 1.75. The molecule has 1 aromatic heterocycles. The van der Waals surface area contributed by atoms with Gasteiger partial charge in [-0.15, -0.1) is 11.8 Å². The topological polar surface area (TPSA) is 64.9 Å². The van der Waals surface area contributed by atoms with Gasteiger partial charge in [-0.1, -0.05) is 18.0 Å². The summed E-state index contributed by atoms with van der Waals surface area (Å²) in [5, 5.41) is 4.07. The zero-order chi connectivity index (χ0) is 14.0. The molecule has 0 amide bonds. The first-order valence-electron chi connectivity index (χ1n) is 6.94. The molecule has 1 aliphatic rings. The Kier molecular flexibility index (Phi) is 3.81. The van der Waals surface area contributed by atoms with Gasteiger partial charge in [-0.25, -0.2) is 0 Å². The molecule has 2 aromatic rings. The summed E-state index contributed by atoms with van der Waals surface area (Å²) in [6, 6.07) is 8.18. The number of benzene rings is 1. The molecule has 5 heteroatoms. The lowest BCUT2D eigenvalue weighted by atomic mass is 9.95. The summed E-state index contributed by atoms with van der Waals surface area (Å²) < 4.78 is 5.36. The van der Waals surface area contributed by atoms with E-state index in [1.165, 1.54) is 17.7 Å².